The average Bonchev–Trinajstić information content (AvgIpc) is 3.05. The van der Waals surface area contributed by atoms with E-state index in [1.165, 1.54) is 0 Å². The van der Waals surface area contributed by atoms with Crippen molar-refractivity contribution in [3.8, 4) is 11.1 Å². The zero-order chi connectivity index (χ0) is 18.5. The number of carboxylic acids is 1. The summed E-state index contributed by atoms with van der Waals surface area (Å²) in [5, 5.41) is 17.1. The molecule has 3 aromatic rings. The monoisotopic (exact) mass is 386 g/mol. The second-order valence-electron chi connectivity index (χ2n) is 5.46. The first-order valence-corrected chi connectivity index (χ1v) is 9.00. The van der Waals surface area contributed by atoms with Crippen LogP contribution < -0.4 is 10.6 Å². The number of amides is 2. The van der Waals surface area contributed by atoms with E-state index < -0.39 is 12.0 Å². The van der Waals surface area contributed by atoms with E-state index in [9.17, 15) is 14.7 Å². The Bertz CT molecular complexity index is 924. The molecule has 0 aliphatic rings. The third kappa shape index (κ3) is 4.22. The van der Waals surface area contributed by atoms with Crippen molar-refractivity contribution in [3.05, 3.63) is 75.4 Å². The Hall–Kier alpha value is -2.83. The van der Waals surface area contributed by atoms with Gasteiger partial charge in [0.1, 0.15) is 4.88 Å². The quantitative estimate of drug-likeness (QED) is 0.571. The van der Waals surface area contributed by atoms with Crippen LogP contribution in [0.2, 0.25) is 5.02 Å². The van der Waals surface area contributed by atoms with Gasteiger partial charge in [-0.1, -0.05) is 54.1 Å². The van der Waals surface area contributed by atoms with Gasteiger partial charge in [0, 0.05) is 22.5 Å². The molecule has 0 saturated carbocycles. The molecule has 1 aromatic heterocycles. The lowest BCUT2D eigenvalue weighted by molar-refractivity contribution is 0.0703. The van der Waals surface area contributed by atoms with E-state index in [2.05, 4.69) is 10.6 Å². The van der Waals surface area contributed by atoms with Gasteiger partial charge in [-0.05, 0) is 23.3 Å². The SMILES string of the molecule is O=C(NCc1ccccc1)Nc1c(-c2ccc(Cl)cc2)csc1C(=O)O. The number of thiophene rings is 1. The van der Waals surface area contributed by atoms with Crippen LogP contribution in [0.1, 0.15) is 15.2 Å². The molecule has 2 amide bonds. The number of halogens is 1. The number of aromatic carboxylic acids is 1. The number of anilines is 1. The maximum Gasteiger partial charge on any atom is 0.348 e. The fourth-order valence-corrected chi connectivity index (χ4v) is 3.41. The minimum Gasteiger partial charge on any atom is -0.477 e. The number of carbonyl (C=O) groups excluding carboxylic acids is 1. The Morgan fingerprint density at radius 2 is 1.73 bits per heavy atom. The summed E-state index contributed by atoms with van der Waals surface area (Å²) < 4.78 is 0. The summed E-state index contributed by atoms with van der Waals surface area (Å²) in [7, 11) is 0. The normalized spacial score (nSPS) is 10.3. The lowest BCUT2D eigenvalue weighted by Crippen LogP contribution is -2.28. The van der Waals surface area contributed by atoms with E-state index in [0.29, 0.717) is 17.1 Å². The largest absolute Gasteiger partial charge is 0.477 e. The molecule has 0 unspecified atom stereocenters. The Balaban J connectivity index is 1.81. The van der Waals surface area contributed by atoms with Crippen LogP contribution in [-0.4, -0.2) is 17.1 Å². The number of benzene rings is 2. The van der Waals surface area contributed by atoms with Crippen molar-refractivity contribution in [3.63, 3.8) is 0 Å². The van der Waals surface area contributed by atoms with Gasteiger partial charge in [-0.15, -0.1) is 11.3 Å². The van der Waals surface area contributed by atoms with Gasteiger partial charge in [0.2, 0.25) is 0 Å². The molecule has 26 heavy (non-hydrogen) atoms. The van der Waals surface area contributed by atoms with E-state index in [1.807, 2.05) is 30.3 Å². The highest BCUT2D eigenvalue weighted by Gasteiger charge is 2.20. The molecule has 1 heterocycles. The van der Waals surface area contributed by atoms with Crippen LogP contribution in [0.15, 0.2) is 60.0 Å². The van der Waals surface area contributed by atoms with Gasteiger partial charge in [-0.3, -0.25) is 0 Å². The van der Waals surface area contributed by atoms with Crippen molar-refractivity contribution >= 4 is 40.6 Å². The minimum atomic E-state index is -1.09. The summed E-state index contributed by atoms with van der Waals surface area (Å²) in [6.45, 7) is 0.343. The number of hydrogen-bond donors (Lipinski definition) is 3. The molecule has 7 heteroatoms. The predicted molar refractivity (Wildman–Crippen MR) is 104 cm³/mol. The van der Waals surface area contributed by atoms with Gasteiger partial charge < -0.3 is 15.7 Å². The first kappa shape index (κ1) is 18.0. The molecule has 0 bridgehead atoms. The van der Waals surface area contributed by atoms with Crippen LogP contribution in [-0.2, 0) is 6.54 Å². The molecule has 3 N–H and O–H groups in total. The van der Waals surface area contributed by atoms with Crippen molar-refractivity contribution < 1.29 is 14.7 Å². The molecule has 0 aliphatic carbocycles. The van der Waals surface area contributed by atoms with E-state index in [1.54, 1.807) is 29.6 Å². The number of hydrogen-bond acceptors (Lipinski definition) is 3. The zero-order valence-corrected chi connectivity index (χ0v) is 15.1. The molecular weight excluding hydrogens is 372 g/mol. The van der Waals surface area contributed by atoms with E-state index in [0.717, 1.165) is 22.5 Å². The highest BCUT2D eigenvalue weighted by Crippen LogP contribution is 2.36. The molecule has 0 aliphatic heterocycles. The second-order valence-corrected chi connectivity index (χ2v) is 6.77. The molecule has 0 atom stereocenters. The van der Waals surface area contributed by atoms with Crippen molar-refractivity contribution in [2.24, 2.45) is 0 Å². The number of carboxylic acid groups (broad SMARTS) is 1. The minimum absolute atomic E-state index is 0.0739. The third-order valence-electron chi connectivity index (χ3n) is 3.67. The molecule has 3 rings (SSSR count). The third-order valence-corrected chi connectivity index (χ3v) is 4.89. The summed E-state index contributed by atoms with van der Waals surface area (Å²) >= 11 is 6.97. The number of nitrogens with one attached hydrogen (secondary N) is 2. The van der Waals surface area contributed by atoms with Gasteiger partial charge in [-0.25, -0.2) is 9.59 Å². The second kappa shape index (κ2) is 8.03. The molecule has 0 fully saturated rings. The van der Waals surface area contributed by atoms with Crippen LogP contribution in [0.25, 0.3) is 11.1 Å². The topological polar surface area (TPSA) is 78.4 Å². The molecular formula is C19H15ClN2O3S. The molecule has 2 aromatic carbocycles. The van der Waals surface area contributed by atoms with Crippen LogP contribution in [0, 0.1) is 0 Å². The molecule has 0 radical (unpaired) electrons. The maximum absolute atomic E-state index is 12.3. The van der Waals surface area contributed by atoms with Crippen molar-refractivity contribution in [1.29, 1.82) is 0 Å². The number of carbonyl (C=O) groups is 2. The highest BCUT2D eigenvalue weighted by atomic mass is 35.5. The number of rotatable bonds is 5. The summed E-state index contributed by atoms with van der Waals surface area (Å²) in [5.41, 5.74) is 2.63. The van der Waals surface area contributed by atoms with Gasteiger partial charge >= 0.3 is 12.0 Å². The van der Waals surface area contributed by atoms with Crippen molar-refractivity contribution in [2.45, 2.75) is 6.54 Å². The molecule has 0 spiro atoms. The average molecular weight is 387 g/mol. The molecule has 132 valence electrons. The smallest absolute Gasteiger partial charge is 0.348 e. The van der Waals surface area contributed by atoms with Crippen molar-refractivity contribution in [2.75, 3.05) is 5.32 Å². The van der Waals surface area contributed by atoms with E-state index in [4.69, 9.17) is 11.6 Å². The predicted octanol–water partition coefficient (Wildman–Crippen LogP) is 5.09. The summed E-state index contributed by atoms with van der Waals surface area (Å²) in [5.74, 6) is -1.09. The summed E-state index contributed by atoms with van der Waals surface area (Å²) in [6.07, 6.45) is 0. The van der Waals surface area contributed by atoms with E-state index in [-0.39, 0.29) is 10.6 Å². The Kier molecular flexibility index (Phi) is 5.55. The molecule has 0 saturated heterocycles. The first-order valence-electron chi connectivity index (χ1n) is 7.74. The lowest BCUT2D eigenvalue weighted by atomic mass is 10.1. The van der Waals surface area contributed by atoms with Crippen LogP contribution >= 0.6 is 22.9 Å². The first-order chi connectivity index (χ1) is 12.5. The van der Waals surface area contributed by atoms with E-state index >= 15 is 0 Å². The fraction of sp³-hybridized carbons (Fsp3) is 0.0526. The van der Waals surface area contributed by atoms with Gasteiger partial charge in [0.25, 0.3) is 0 Å². The summed E-state index contributed by atoms with van der Waals surface area (Å²) in [6, 6.07) is 16.0. The molecule has 5 nitrogen and oxygen atoms in total. The van der Waals surface area contributed by atoms with Crippen LogP contribution in [0.3, 0.4) is 0 Å². The Morgan fingerprint density at radius 1 is 1.04 bits per heavy atom. The Morgan fingerprint density at radius 3 is 2.38 bits per heavy atom. The fourth-order valence-electron chi connectivity index (χ4n) is 2.42. The van der Waals surface area contributed by atoms with Crippen LogP contribution in [0.4, 0.5) is 10.5 Å². The lowest BCUT2D eigenvalue weighted by Gasteiger charge is -2.10. The maximum atomic E-state index is 12.3. The standard InChI is InChI=1S/C19H15ClN2O3S/c20-14-8-6-13(7-9-14)15-11-26-17(18(23)24)16(15)22-19(25)21-10-12-4-2-1-3-5-12/h1-9,11H,10H2,(H,23,24)(H2,21,22,25). The van der Waals surface area contributed by atoms with Crippen molar-refractivity contribution in [1.82, 2.24) is 5.32 Å². The van der Waals surface area contributed by atoms with Gasteiger partial charge in [0.05, 0.1) is 5.69 Å². The zero-order valence-electron chi connectivity index (χ0n) is 13.5. The number of urea groups is 1. The van der Waals surface area contributed by atoms with Gasteiger partial charge in [-0.2, -0.15) is 0 Å². The van der Waals surface area contributed by atoms with Crippen LogP contribution in [0.5, 0.6) is 0 Å². The highest BCUT2D eigenvalue weighted by molar-refractivity contribution is 7.13. The Labute approximate surface area is 159 Å². The van der Waals surface area contributed by atoms with Gasteiger partial charge in [0.15, 0.2) is 0 Å². The summed E-state index contributed by atoms with van der Waals surface area (Å²) in [4.78, 5) is 23.8.